The molecule has 1 aliphatic rings. The van der Waals surface area contributed by atoms with E-state index in [1.54, 1.807) is 11.0 Å². The third-order valence-corrected chi connectivity index (χ3v) is 6.88. The molecule has 0 saturated heterocycles. The second kappa shape index (κ2) is 11.1. The summed E-state index contributed by atoms with van der Waals surface area (Å²) in [6.45, 7) is 0.342. The lowest BCUT2D eigenvalue weighted by Crippen LogP contribution is -2.41. The third kappa shape index (κ3) is 5.47. The van der Waals surface area contributed by atoms with E-state index in [-0.39, 0.29) is 36.3 Å². The number of nitro benzene ring substituents is 1. The number of non-ortho nitro benzene ring substituents is 1. The van der Waals surface area contributed by atoms with Gasteiger partial charge in [-0.1, -0.05) is 91.0 Å². The van der Waals surface area contributed by atoms with E-state index in [0.717, 1.165) is 16.7 Å². The second-order valence-corrected chi connectivity index (χ2v) is 9.37. The Balaban J connectivity index is 1.43. The average molecular weight is 506 g/mol. The lowest BCUT2D eigenvalue weighted by atomic mass is 9.88. The van der Waals surface area contributed by atoms with Crippen molar-refractivity contribution in [3.05, 3.63) is 142 Å². The van der Waals surface area contributed by atoms with Crippen LogP contribution in [-0.2, 0) is 16.1 Å². The summed E-state index contributed by atoms with van der Waals surface area (Å²) in [5.41, 5.74) is 4.03. The van der Waals surface area contributed by atoms with Gasteiger partial charge in [-0.2, -0.15) is 0 Å². The molecule has 0 aliphatic carbocycles. The highest BCUT2D eigenvalue weighted by Crippen LogP contribution is 2.38. The Bertz CT molecular complexity index is 1400. The summed E-state index contributed by atoms with van der Waals surface area (Å²) >= 11 is 0. The van der Waals surface area contributed by atoms with E-state index in [0.29, 0.717) is 17.8 Å². The Morgan fingerprint density at radius 1 is 0.895 bits per heavy atom. The number of rotatable bonds is 8. The third-order valence-electron chi connectivity index (χ3n) is 6.88. The lowest BCUT2D eigenvalue weighted by molar-refractivity contribution is -0.384. The topological polar surface area (TPSA) is 92.6 Å². The van der Waals surface area contributed by atoms with Crippen LogP contribution in [-0.4, -0.2) is 16.7 Å². The number of hydrogen-bond donors (Lipinski definition) is 1. The minimum Gasteiger partial charge on any atom is -0.349 e. The van der Waals surface area contributed by atoms with Crippen LogP contribution in [0.15, 0.2) is 109 Å². The smallest absolute Gasteiger partial charge is 0.269 e. The summed E-state index contributed by atoms with van der Waals surface area (Å²) < 4.78 is 0. The van der Waals surface area contributed by atoms with Crippen molar-refractivity contribution < 1.29 is 14.5 Å². The molecule has 7 heteroatoms. The predicted molar refractivity (Wildman–Crippen MR) is 146 cm³/mol. The SMILES string of the molecule is O=C(CC(c1ccccc1)c1ccccc1)NC1CC(=O)N(Cc2ccccc2)c2ccc([N+](=O)[O-])cc21. The average Bonchev–Trinajstić information content (AvgIpc) is 2.95. The quantitative estimate of drug-likeness (QED) is 0.238. The molecule has 2 amide bonds. The molecule has 1 aliphatic heterocycles. The molecule has 0 radical (unpaired) electrons. The molecule has 0 bridgehead atoms. The number of carbonyl (C=O) groups excluding carboxylic acids is 2. The molecule has 5 rings (SSSR count). The highest BCUT2D eigenvalue weighted by molar-refractivity contribution is 5.98. The zero-order valence-electron chi connectivity index (χ0n) is 20.7. The number of fused-ring (bicyclic) bond motifs is 1. The zero-order valence-corrected chi connectivity index (χ0v) is 20.7. The van der Waals surface area contributed by atoms with Crippen molar-refractivity contribution in [3.8, 4) is 0 Å². The van der Waals surface area contributed by atoms with E-state index in [9.17, 15) is 19.7 Å². The van der Waals surface area contributed by atoms with Crippen LogP contribution < -0.4 is 10.2 Å². The standard InChI is InChI=1S/C31H27N3O4/c35-30(19-26(23-12-6-2-7-13-23)24-14-8-3-9-15-24)32-28-20-31(36)33(21-22-10-4-1-5-11-22)29-17-16-25(34(37)38)18-27(28)29/h1-18,26,28H,19-21H2,(H,32,35). The summed E-state index contributed by atoms with van der Waals surface area (Å²) in [6, 6.07) is 33.0. The van der Waals surface area contributed by atoms with Crippen molar-refractivity contribution in [1.29, 1.82) is 0 Å². The number of nitro groups is 1. The van der Waals surface area contributed by atoms with Gasteiger partial charge in [-0.05, 0) is 22.8 Å². The fourth-order valence-electron chi connectivity index (χ4n) is 5.02. The van der Waals surface area contributed by atoms with Gasteiger partial charge in [-0.25, -0.2) is 0 Å². The van der Waals surface area contributed by atoms with Gasteiger partial charge in [0.15, 0.2) is 0 Å². The number of anilines is 1. The first-order valence-electron chi connectivity index (χ1n) is 12.5. The van der Waals surface area contributed by atoms with Crippen molar-refractivity contribution in [2.75, 3.05) is 4.90 Å². The maximum absolute atomic E-state index is 13.4. The molecule has 0 fully saturated rings. The van der Waals surface area contributed by atoms with Crippen LogP contribution >= 0.6 is 0 Å². The number of carbonyl (C=O) groups is 2. The van der Waals surface area contributed by atoms with Gasteiger partial charge in [0.2, 0.25) is 11.8 Å². The largest absolute Gasteiger partial charge is 0.349 e. The molecule has 1 unspecified atom stereocenters. The normalized spacial score (nSPS) is 14.7. The maximum Gasteiger partial charge on any atom is 0.269 e. The lowest BCUT2D eigenvalue weighted by Gasteiger charge is -2.34. The van der Waals surface area contributed by atoms with Crippen LogP contribution in [0, 0.1) is 10.1 Å². The molecule has 0 saturated carbocycles. The van der Waals surface area contributed by atoms with Gasteiger partial charge < -0.3 is 10.2 Å². The number of amides is 2. The van der Waals surface area contributed by atoms with E-state index < -0.39 is 11.0 Å². The second-order valence-electron chi connectivity index (χ2n) is 9.37. The van der Waals surface area contributed by atoms with E-state index >= 15 is 0 Å². The zero-order chi connectivity index (χ0) is 26.5. The number of nitrogens with zero attached hydrogens (tertiary/aromatic N) is 2. The first-order valence-corrected chi connectivity index (χ1v) is 12.5. The van der Waals surface area contributed by atoms with E-state index in [2.05, 4.69) is 5.32 Å². The van der Waals surface area contributed by atoms with Gasteiger partial charge in [-0.3, -0.25) is 19.7 Å². The Kier molecular flexibility index (Phi) is 7.26. The number of hydrogen-bond acceptors (Lipinski definition) is 4. The molecule has 38 heavy (non-hydrogen) atoms. The Labute approximate surface area is 220 Å². The fraction of sp³-hybridized carbons (Fsp3) is 0.161. The van der Waals surface area contributed by atoms with Gasteiger partial charge in [0.25, 0.3) is 5.69 Å². The van der Waals surface area contributed by atoms with Crippen LogP contribution in [0.25, 0.3) is 0 Å². The van der Waals surface area contributed by atoms with Crippen LogP contribution in [0.4, 0.5) is 11.4 Å². The molecular formula is C31H27N3O4. The van der Waals surface area contributed by atoms with Crippen molar-refractivity contribution in [3.63, 3.8) is 0 Å². The molecule has 4 aromatic carbocycles. The Morgan fingerprint density at radius 2 is 1.47 bits per heavy atom. The molecule has 190 valence electrons. The van der Waals surface area contributed by atoms with Gasteiger partial charge in [0, 0.05) is 35.7 Å². The monoisotopic (exact) mass is 505 g/mol. The summed E-state index contributed by atoms with van der Waals surface area (Å²) in [5.74, 6) is -0.548. The summed E-state index contributed by atoms with van der Waals surface area (Å²) in [7, 11) is 0. The van der Waals surface area contributed by atoms with Gasteiger partial charge in [0.1, 0.15) is 0 Å². The summed E-state index contributed by atoms with van der Waals surface area (Å²) in [5, 5.41) is 14.6. The molecule has 4 aromatic rings. The van der Waals surface area contributed by atoms with Crippen molar-refractivity contribution >= 4 is 23.2 Å². The van der Waals surface area contributed by atoms with Gasteiger partial charge in [0.05, 0.1) is 23.9 Å². The highest BCUT2D eigenvalue weighted by atomic mass is 16.6. The summed E-state index contributed by atoms with van der Waals surface area (Å²) in [4.78, 5) is 39.4. The first-order chi connectivity index (χ1) is 18.5. The number of nitrogens with one attached hydrogen (secondary N) is 1. The Hall–Kier alpha value is -4.78. The van der Waals surface area contributed by atoms with Crippen molar-refractivity contribution in [2.45, 2.75) is 31.3 Å². The fourth-order valence-corrected chi connectivity index (χ4v) is 5.02. The highest BCUT2D eigenvalue weighted by Gasteiger charge is 2.34. The first kappa shape index (κ1) is 24.9. The molecule has 0 spiro atoms. The molecule has 1 atom stereocenters. The van der Waals surface area contributed by atoms with Crippen LogP contribution in [0.1, 0.15) is 47.1 Å². The Morgan fingerprint density at radius 3 is 2.05 bits per heavy atom. The minimum atomic E-state index is -0.663. The number of benzene rings is 4. The van der Waals surface area contributed by atoms with Crippen LogP contribution in [0.2, 0.25) is 0 Å². The molecule has 7 nitrogen and oxygen atoms in total. The molecule has 1 N–H and O–H groups in total. The minimum absolute atomic E-state index is 0.0219. The molecule has 0 aromatic heterocycles. The van der Waals surface area contributed by atoms with E-state index in [1.807, 2.05) is 91.0 Å². The molecule has 1 heterocycles. The van der Waals surface area contributed by atoms with Crippen molar-refractivity contribution in [1.82, 2.24) is 5.32 Å². The van der Waals surface area contributed by atoms with E-state index in [4.69, 9.17) is 0 Å². The van der Waals surface area contributed by atoms with Crippen molar-refractivity contribution in [2.24, 2.45) is 0 Å². The maximum atomic E-state index is 13.4. The summed E-state index contributed by atoms with van der Waals surface area (Å²) in [6.07, 6.45) is 0.199. The van der Waals surface area contributed by atoms with E-state index in [1.165, 1.54) is 12.1 Å². The van der Waals surface area contributed by atoms with Gasteiger partial charge in [-0.15, -0.1) is 0 Å². The van der Waals surface area contributed by atoms with Gasteiger partial charge >= 0.3 is 0 Å². The predicted octanol–water partition coefficient (Wildman–Crippen LogP) is 5.91. The van der Waals surface area contributed by atoms with Crippen LogP contribution in [0.3, 0.4) is 0 Å². The van der Waals surface area contributed by atoms with Crippen LogP contribution in [0.5, 0.6) is 0 Å². The molecular weight excluding hydrogens is 478 g/mol.